The van der Waals surface area contributed by atoms with Crippen molar-refractivity contribution in [3.05, 3.63) is 36.0 Å². The second kappa shape index (κ2) is 17.0. The first kappa shape index (κ1) is 43.3. The Hall–Kier alpha value is -1.75. The maximum atomic E-state index is 11.7. The highest BCUT2D eigenvalue weighted by Crippen LogP contribution is 2.50. The van der Waals surface area contributed by atoms with E-state index in [9.17, 15) is 30.3 Å². The van der Waals surface area contributed by atoms with E-state index < -0.39 is 59.8 Å². The molecule has 5 N–H and O–H groups in total. The van der Waals surface area contributed by atoms with Gasteiger partial charge in [0.15, 0.2) is 17.9 Å². The zero-order valence-corrected chi connectivity index (χ0v) is 34.6. The first-order valence-electron chi connectivity index (χ1n) is 21.7. The highest BCUT2D eigenvalue weighted by molar-refractivity contribution is 5.74. The molecule has 7 rings (SSSR count). The Morgan fingerprint density at radius 1 is 1.02 bits per heavy atom. The fraction of sp³-hybridized carbons (Fsp3) is 0.841. The number of aliphatic hydroxyl groups is 4. The van der Waals surface area contributed by atoms with Gasteiger partial charge in [0.1, 0.15) is 12.2 Å². The molecular formula is C44H68O13. The van der Waals surface area contributed by atoms with Crippen LogP contribution in [0.1, 0.15) is 125 Å². The van der Waals surface area contributed by atoms with Crippen LogP contribution in [0.4, 0.5) is 0 Å². The van der Waals surface area contributed by atoms with Crippen molar-refractivity contribution in [2.45, 2.75) is 197 Å². The highest BCUT2D eigenvalue weighted by atomic mass is 16.8. The summed E-state index contributed by atoms with van der Waals surface area (Å²) < 4.78 is 44.0. The molecule has 6 fully saturated rings. The van der Waals surface area contributed by atoms with Gasteiger partial charge in [0, 0.05) is 50.9 Å². The molecule has 6 heterocycles. The quantitative estimate of drug-likeness (QED) is 0.136. The molecule has 0 aromatic carbocycles. The lowest BCUT2D eigenvalue weighted by atomic mass is 9.68. The van der Waals surface area contributed by atoms with Crippen LogP contribution in [0.2, 0.25) is 0 Å². The van der Waals surface area contributed by atoms with Gasteiger partial charge in [0.25, 0.3) is 5.79 Å². The maximum absolute atomic E-state index is 11.7. The molecule has 322 valence electrons. The summed E-state index contributed by atoms with van der Waals surface area (Å²) >= 11 is 0. The fourth-order valence-corrected chi connectivity index (χ4v) is 10.7. The number of carboxylic acid groups (broad SMARTS) is 1. The van der Waals surface area contributed by atoms with Crippen LogP contribution in [0.15, 0.2) is 36.0 Å². The molecule has 7 aliphatic rings. The molecule has 57 heavy (non-hydrogen) atoms. The van der Waals surface area contributed by atoms with Crippen LogP contribution in [-0.2, 0) is 38.0 Å². The van der Waals surface area contributed by atoms with Crippen LogP contribution in [0.25, 0.3) is 0 Å². The van der Waals surface area contributed by atoms with Crippen molar-refractivity contribution in [3.8, 4) is 0 Å². The van der Waals surface area contributed by atoms with Crippen LogP contribution in [-0.4, -0.2) is 110 Å². The molecule has 0 bridgehead atoms. The molecule has 0 radical (unpaired) electrons. The van der Waals surface area contributed by atoms with E-state index in [-0.39, 0.29) is 54.8 Å². The first-order chi connectivity index (χ1) is 26.9. The summed E-state index contributed by atoms with van der Waals surface area (Å²) in [5.74, 6) is -6.56. The first-order valence-corrected chi connectivity index (χ1v) is 21.7. The molecule has 6 aliphatic heterocycles. The third kappa shape index (κ3) is 9.15. The summed E-state index contributed by atoms with van der Waals surface area (Å²) in [6.07, 6.45) is 11.5. The smallest absolute Gasteiger partial charge is 0.363 e. The zero-order chi connectivity index (χ0) is 40.9. The molecule has 17 atom stereocenters. The summed E-state index contributed by atoms with van der Waals surface area (Å²) in [4.78, 5) is 11.5. The second-order valence-corrected chi connectivity index (χ2v) is 18.8. The lowest BCUT2D eigenvalue weighted by molar-refractivity contribution is -0.383. The Morgan fingerprint density at radius 3 is 2.51 bits per heavy atom. The molecule has 0 aromatic heterocycles. The summed E-state index contributed by atoms with van der Waals surface area (Å²) in [5.41, 5.74) is 1.58. The highest BCUT2D eigenvalue weighted by Gasteiger charge is 2.54. The predicted molar refractivity (Wildman–Crippen MR) is 207 cm³/mol. The average Bonchev–Trinajstić information content (AvgIpc) is 3.56. The predicted octanol–water partition coefficient (Wildman–Crippen LogP) is 5.62. The van der Waals surface area contributed by atoms with E-state index in [0.29, 0.717) is 43.6 Å². The van der Waals surface area contributed by atoms with E-state index >= 15 is 0 Å². The lowest BCUT2D eigenvalue weighted by Crippen LogP contribution is -2.57. The number of aliphatic carboxylic acids is 1. The molecular weight excluding hydrogens is 736 g/mol. The normalized spacial score (nSPS) is 45.4. The SMILES string of the molecule is C=C1C(O)C2OC3(CCC(C=CC(C)C4CC(C)=CC5(OC(OC(C)(O)C(=O)O)CCC5O)O4)O3)CCC2CC1C(O)CC(C)C1OC2(CCCCO2)CCC1C. The van der Waals surface area contributed by atoms with Gasteiger partial charge in [-0.15, -0.1) is 0 Å². The van der Waals surface area contributed by atoms with Crippen LogP contribution >= 0.6 is 0 Å². The number of carboxylic acids is 1. The third-order valence-corrected chi connectivity index (χ3v) is 14.2. The van der Waals surface area contributed by atoms with Gasteiger partial charge in [-0.25, -0.2) is 4.79 Å². The summed E-state index contributed by atoms with van der Waals surface area (Å²) in [6, 6.07) is 0. The van der Waals surface area contributed by atoms with Gasteiger partial charge >= 0.3 is 5.97 Å². The molecule has 1 saturated carbocycles. The Kier molecular flexibility index (Phi) is 12.9. The van der Waals surface area contributed by atoms with Gasteiger partial charge in [0.2, 0.25) is 5.79 Å². The van der Waals surface area contributed by atoms with Gasteiger partial charge in [-0.05, 0) is 94.1 Å². The number of ether oxygens (including phenoxy) is 7. The number of carbonyl (C=O) groups is 1. The Labute approximate surface area is 337 Å². The van der Waals surface area contributed by atoms with Crippen LogP contribution in [0.5, 0.6) is 0 Å². The minimum atomic E-state index is -2.45. The number of aliphatic hydroxyl groups excluding tert-OH is 3. The van der Waals surface area contributed by atoms with Crippen molar-refractivity contribution >= 4 is 5.97 Å². The number of rotatable bonds is 10. The maximum Gasteiger partial charge on any atom is 0.363 e. The van der Waals surface area contributed by atoms with Gasteiger partial charge in [-0.3, -0.25) is 0 Å². The van der Waals surface area contributed by atoms with Gasteiger partial charge in [-0.2, -0.15) is 0 Å². The van der Waals surface area contributed by atoms with Gasteiger partial charge in [-0.1, -0.05) is 45.1 Å². The van der Waals surface area contributed by atoms with Crippen molar-refractivity contribution < 1.29 is 63.5 Å². The Balaban J connectivity index is 0.920. The van der Waals surface area contributed by atoms with E-state index in [1.54, 1.807) is 6.08 Å². The van der Waals surface area contributed by atoms with E-state index in [4.69, 9.17) is 33.2 Å². The average molecular weight is 805 g/mol. The molecule has 1 aliphatic carbocycles. The third-order valence-electron chi connectivity index (χ3n) is 14.2. The van der Waals surface area contributed by atoms with E-state index in [2.05, 4.69) is 26.5 Å². The molecule has 5 saturated heterocycles. The van der Waals surface area contributed by atoms with Crippen LogP contribution in [0, 0.1) is 29.6 Å². The Bertz CT molecular complexity index is 1510. The number of fused-ring (bicyclic) bond motifs is 1. The minimum Gasteiger partial charge on any atom is -0.477 e. The second-order valence-electron chi connectivity index (χ2n) is 18.8. The van der Waals surface area contributed by atoms with Crippen molar-refractivity contribution in [2.75, 3.05) is 6.61 Å². The van der Waals surface area contributed by atoms with Crippen molar-refractivity contribution in [2.24, 2.45) is 29.6 Å². The van der Waals surface area contributed by atoms with E-state index in [1.165, 1.54) is 0 Å². The summed E-state index contributed by atoms with van der Waals surface area (Å²) in [7, 11) is 0. The molecule has 13 heteroatoms. The molecule has 0 amide bonds. The molecule has 0 aromatic rings. The van der Waals surface area contributed by atoms with Gasteiger partial charge in [0.05, 0.1) is 37.1 Å². The lowest BCUT2D eigenvalue weighted by Gasteiger charge is -2.50. The number of hydrogen-bond donors (Lipinski definition) is 5. The van der Waals surface area contributed by atoms with Crippen LogP contribution < -0.4 is 0 Å². The molecule has 17 unspecified atom stereocenters. The van der Waals surface area contributed by atoms with Crippen molar-refractivity contribution in [1.29, 1.82) is 0 Å². The number of hydrogen-bond acceptors (Lipinski definition) is 12. The summed E-state index contributed by atoms with van der Waals surface area (Å²) in [6.45, 7) is 14.5. The molecule has 3 spiro atoms. The van der Waals surface area contributed by atoms with Crippen molar-refractivity contribution in [1.82, 2.24) is 0 Å². The fourth-order valence-electron chi connectivity index (χ4n) is 10.7. The largest absolute Gasteiger partial charge is 0.477 e. The monoisotopic (exact) mass is 804 g/mol. The zero-order valence-electron chi connectivity index (χ0n) is 34.6. The molecule has 13 nitrogen and oxygen atoms in total. The van der Waals surface area contributed by atoms with E-state index in [1.807, 2.05) is 19.9 Å². The van der Waals surface area contributed by atoms with Gasteiger partial charge < -0.3 is 58.7 Å². The summed E-state index contributed by atoms with van der Waals surface area (Å²) in [5, 5.41) is 53.8. The van der Waals surface area contributed by atoms with Crippen LogP contribution in [0.3, 0.4) is 0 Å². The minimum absolute atomic E-state index is 0.00868. The van der Waals surface area contributed by atoms with Crippen molar-refractivity contribution in [3.63, 3.8) is 0 Å². The Morgan fingerprint density at radius 2 is 1.77 bits per heavy atom. The topological polar surface area (TPSA) is 183 Å². The van der Waals surface area contributed by atoms with E-state index in [0.717, 1.165) is 64.0 Å². The standard InChI is InChI=1S/C44H68O13/c1-25-21-34(53-44(24-25)35(46)11-12-36(55-44)54-41(6,50)40(48)49)26(2)9-10-31-15-19-43(52-31)18-14-30-23-32(29(5)37(47)39(30)57-43)33(45)22-28(4)38-27(3)13-17-42(56-38)16-7-8-20-51-42/h9-10,24,26-28,30-39,45-47,50H,5,7-8,11-23H2,1-4,6H3,(H,48,49).